The molecule has 1 aromatic heterocycles. The van der Waals surface area contributed by atoms with Crippen molar-refractivity contribution in [3.8, 4) is 0 Å². The van der Waals surface area contributed by atoms with E-state index in [9.17, 15) is 9.59 Å². The minimum Gasteiger partial charge on any atom is -0.349 e. The Balaban J connectivity index is 1.51. The second kappa shape index (κ2) is 6.75. The largest absolute Gasteiger partial charge is 0.349 e. The minimum absolute atomic E-state index is 0.282. The number of para-hydroxylation sites is 1. The number of rotatable bonds is 3. The number of nitrogens with zero attached hydrogens (tertiary/aromatic N) is 1. The zero-order valence-electron chi connectivity index (χ0n) is 14.0. The zero-order chi connectivity index (χ0) is 18.3. The van der Waals surface area contributed by atoms with Crippen LogP contribution in [0.3, 0.4) is 0 Å². The molecule has 0 saturated carbocycles. The quantitative estimate of drug-likeness (QED) is 0.767. The number of nitrogens with one attached hydrogen (secondary N) is 2. The van der Waals surface area contributed by atoms with Gasteiger partial charge in [0.2, 0.25) is 0 Å². The van der Waals surface area contributed by atoms with E-state index in [1.165, 1.54) is 10.8 Å². The molecule has 10 heteroatoms. The minimum atomic E-state index is -2.69. The third kappa shape index (κ3) is 3.41. The van der Waals surface area contributed by atoms with E-state index in [4.69, 9.17) is 25.6 Å². The number of hydrogen-bond donors (Lipinski definition) is 2. The van der Waals surface area contributed by atoms with Crippen LogP contribution >= 0.6 is 6.64 Å². The molecule has 4 unspecified atom stereocenters. The van der Waals surface area contributed by atoms with Crippen molar-refractivity contribution in [3.05, 3.63) is 62.9 Å². The van der Waals surface area contributed by atoms with Crippen molar-refractivity contribution in [3.63, 3.8) is 0 Å². The summed E-state index contributed by atoms with van der Waals surface area (Å²) in [5.41, 5.74) is 0.365. The van der Waals surface area contributed by atoms with Crippen LogP contribution in [0.25, 0.3) is 0 Å². The average molecular weight is 395 g/mol. The van der Waals surface area contributed by atoms with Crippen LogP contribution in [0.2, 0.25) is 0 Å². The normalized spacial score (nSPS) is 30.7. The molecule has 0 aliphatic carbocycles. The highest BCUT2D eigenvalue weighted by molar-refractivity contribution is 8.10. The molecule has 0 spiro atoms. The lowest BCUT2D eigenvalue weighted by atomic mass is 10.2. The van der Waals surface area contributed by atoms with Gasteiger partial charge in [-0.2, -0.15) is 0 Å². The molecule has 4 atom stereocenters. The predicted octanol–water partition coefficient (Wildman–Crippen LogP) is 1.88. The van der Waals surface area contributed by atoms with Gasteiger partial charge in [0.25, 0.3) is 12.2 Å². The van der Waals surface area contributed by atoms with Crippen molar-refractivity contribution in [1.29, 1.82) is 0 Å². The molecule has 2 saturated heterocycles. The number of aromatic amines is 1. The van der Waals surface area contributed by atoms with Crippen molar-refractivity contribution >= 4 is 24.1 Å². The molecular formula is C16H18N3O5PS. The molecule has 8 nitrogen and oxygen atoms in total. The van der Waals surface area contributed by atoms with Crippen LogP contribution in [0.15, 0.2) is 46.1 Å². The highest BCUT2D eigenvalue weighted by Crippen LogP contribution is 2.55. The summed E-state index contributed by atoms with van der Waals surface area (Å²) >= 11 is 5.56. The van der Waals surface area contributed by atoms with Crippen LogP contribution in [0.4, 0.5) is 5.69 Å². The fourth-order valence-corrected chi connectivity index (χ4v) is 5.44. The van der Waals surface area contributed by atoms with Crippen LogP contribution in [-0.4, -0.2) is 28.4 Å². The van der Waals surface area contributed by atoms with Crippen molar-refractivity contribution in [2.24, 2.45) is 0 Å². The van der Waals surface area contributed by atoms with Gasteiger partial charge in [-0.15, -0.1) is 0 Å². The molecule has 0 amide bonds. The van der Waals surface area contributed by atoms with Gasteiger partial charge in [0.05, 0.1) is 12.7 Å². The van der Waals surface area contributed by atoms with Crippen LogP contribution in [0, 0.1) is 6.92 Å². The summed E-state index contributed by atoms with van der Waals surface area (Å²) in [5.74, 6) is 0. The molecule has 2 fully saturated rings. The maximum atomic E-state index is 12.1. The Kier molecular flexibility index (Phi) is 4.58. The number of aryl methyl sites for hydroxylation is 1. The summed E-state index contributed by atoms with van der Waals surface area (Å²) in [6, 6.07) is 9.50. The molecule has 1 aromatic carbocycles. The fraction of sp³-hybridized carbons (Fsp3) is 0.375. The van der Waals surface area contributed by atoms with Gasteiger partial charge in [-0.3, -0.25) is 14.3 Å². The van der Waals surface area contributed by atoms with Gasteiger partial charge in [-0.05, 0) is 30.9 Å². The van der Waals surface area contributed by atoms with Crippen LogP contribution in [0.1, 0.15) is 18.2 Å². The van der Waals surface area contributed by atoms with E-state index in [2.05, 4.69) is 10.1 Å². The van der Waals surface area contributed by atoms with E-state index >= 15 is 0 Å². The number of H-pyrrole nitrogens is 1. The van der Waals surface area contributed by atoms with E-state index in [1.807, 2.05) is 30.3 Å². The summed E-state index contributed by atoms with van der Waals surface area (Å²) in [7, 11) is 0. The van der Waals surface area contributed by atoms with E-state index in [0.717, 1.165) is 5.69 Å². The highest BCUT2D eigenvalue weighted by atomic mass is 32.5. The molecule has 26 heavy (non-hydrogen) atoms. The lowest BCUT2D eigenvalue weighted by Gasteiger charge is -2.34. The Hall–Kier alpha value is -1.77. The predicted molar refractivity (Wildman–Crippen MR) is 99.8 cm³/mol. The molecule has 2 aliphatic rings. The number of hydrogen-bond acceptors (Lipinski definition) is 6. The standard InChI is InChI=1S/C16H18N3O5PS/c1-10-8-19(16(21)17-15(10)20)14-7-12-13(23-14)9-22-25(26,24-12)18-11-5-3-2-4-6-11/h2-6,8,12-14H,7,9H2,1H3,(H,18,26)(H,17,20,21). The number of aromatic nitrogens is 2. The highest BCUT2D eigenvalue weighted by Gasteiger charge is 2.45. The van der Waals surface area contributed by atoms with E-state index in [0.29, 0.717) is 12.0 Å². The van der Waals surface area contributed by atoms with Gasteiger partial charge in [0, 0.05) is 23.9 Å². The van der Waals surface area contributed by atoms with Gasteiger partial charge >= 0.3 is 5.69 Å². The maximum absolute atomic E-state index is 12.1. The average Bonchev–Trinajstić information content (AvgIpc) is 3.01. The molecule has 2 N–H and O–H groups in total. The second-order valence-corrected chi connectivity index (χ2v) is 9.39. The third-order valence-electron chi connectivity index (χ3n) is 4.36. The lowest BCUT2D eigenvalue weighted by molar-refractivity contribution is -0.0526. The molecular weight excluding hydrogens is 377 g/mol. The summed E-state index contributed by atoms with van der Waals surface area (Å²) in [6.07, 6.45) is 0.828. The molecule has 4 rings (SSSR count). The van der Waals surface area contributed by atoms with Crippen molar-refractivity contribution in [1.82, 2.24) is 9.55 Å². The van der Waals surface area contributed by atoms with Crippen molar-refractivity contribution in [2.45, 2.75) is 31.8 Å². The van der Waals surface area contributed by atoms with Crippen LogP contribution in [-0.2, 0) is 25.6 Å². The molecule has 0 bridgehead atoms. The first-order valence-electron chi connectivity index (χ1n) is 8.17. The smallest absolute Gasteiger partial charge is 0.330 e. The first kappa shape index (κ1) is 17.6. The zero-order valence-corrected chi connectivity index (χ0v) is 15.7. The van der Waals surface area contributed by atoms with Gasteiger partial charge in [-0.1, -0.05) is 18.2 Å². The lowest BCUT2D eigenvalue weighted by Crippen LogP contribution is -2.34. The van der Waals surface area contributed by atoms with Gasteiger partial charge < -0.3 is 18.9 Å². The Morgan fingerprint density at radius 2 is 2.04 bits per heavy atom. The summed E-state index contributed by atoms with van der Waals surface area (Å²) in [4.78, 5) is 25.9. The van der Waals surface area contributed by atoms with E-state index in [-0.39, 0.29) is 18.8 Å². The molecule has 0 radical (unpaired) electrons. The Morgan fingerprint density at radius 3 is 2.81 bits per heavy atom. The van der Waals surface area contributed by atoms with Crippen LogP contribution in [0.5, 0.6) is 0 Å². The van der Waals surface area contributed by atoms with Crippen molar-refractivity contribution < 1.29 is 13.8 Å². The Bertz CT molecular complexity index is 976. The first-order chi connectivity index (χ1) is 12.4. The molecule has 138 valence electrons. The van der Waals surface area contributed by atoms with Crippen molar-refractivity contribution in [2.75, 3.05) is 11.7 Å². The monoisotopic (exact) mass is 395 g/mol. The maximum Gasteiger partial charge on any atom is 0.330 e. The van der Waals surface area contributed by atoms with E-state index < -0.39 is 24.1 Å². The number of fused-ring (bicyclic) bond motifs is 1. The SMILES string of the molecule is Cc1cn(C2CC3OP(=S)(Nc4ccccc4)OCC3O2)c(=O)[nH]c1=O. The number of ether oxygens (including phenoxy) is 1. The fourth-order valence-electron chi connectivity index (χ4n) is 3.04. The van der Waals surface area contributed by atoms with Gasteiger partial charge in [0.1, 0.15) is 12.3 Å². The van der Waals surface area contributed by atoms with Gasteiger partial charge in [0.15, 0.2) is 0 Å². The van der Waals surface area contributed by atoms with Gasteiger partial charge in [-0.25, -0.2) is 4.79 Å². The molecule has 2 aliphatic heterocycles. The third-order valence-corrected chi connectivity index (χ3v) is 6.78. The Morgan fingerprint density at radius 1 is 1.27 bits per heavy atom. The second-order valence-electron chi connectivity index (χ2n) is 6.26. The molecule has 2 aromatic rings. The first-order valence-corrected chi connectivity index (χ1v) is 10.8. The summed E-state index contributed by atoms with van der Waals surface area (Å²) < 4.78 is 19.1. The Labute approximate surface area is 154 Å². The summed E-state index contributed by atoms with van der Waals surface area (Å²) in [5, 5.41) is 3.16. The number of benzene rings is 1. The molecule has 3 heterocycles. The topological polar surface area (TPSA) is 94.6 Å². The number of anilines is 1. The van der Waals surface area contributed by atoms with Crippen LogP contribution < -0.4 is 16.3 Å². The summed E-state index contributed by atoms with van der Waals surface area (Å²) in [6.45, 7) is -0.769. The van der Waals surface area contributed by atoms with E-state index in [1.54, 1.807) is 6.92 Å².